The van der Waals surface area contributed by atoms with Crippen molar-refractivity contribution in [2.75, 3.05) is 73.3 Å². The molecular formula is C24H38N2O4. The number of hydrogen-bond donors (Lipinski definition) is 0. The number of likely N-dealkylation sites (tertiary alicyclic amines) is 1. The molecule has 0 aromatic heterocycles. The fraction of sp³-hybridized carbons (Fsp3) is 0.750. The molecule has 6 heteroatoms. The minimum Gasteiger partial charge on any atom is -0.493 e. The van der Waals surface area contributed by atoms with E-state index in [2.05, 4.69) is 35.8 Å². The van der Waals surface area contributed by atoms with E-state index in [9.17, 15) is 0 Å². The van der Waals surface area contributed by atoms with Gasteiger partial charge >= 0.3 is 0 Å². The van der Waals surface area contributed by atoms with E-state index >= 15 is 0 Å². The van der Waals surface area contributed by atoms with Crippen molar-refractivity contribution in [1.82, 2.24) is 9.80 Å². The molecule has 3 aliphatic rings. The van der Waals surface area contributed by atoms with Gasteiger partial charge < -0.3 is 23.8 Å². The number of ether oxygens (including phenoxy) is 4. The standard InChI is InChI=1S/C24H38N2O4/c1-23(2,18-26-10-13-29-14-11-26)17-25-8-6-24(7-9-25)20-16-22(28-4)21(27-3)15-19(20)5-12-30-24/h15-16H,5-14,17-18H2,1-4H3. The van der Waals surface area contributed by atoms with Gasteiger partial charge in [0.05, 0.1) is 39.6 Å². The van der Waals surface area contributed by atoms with Gasteiger partial charge in [0.2, 0.25) is 0 Å². The van der Waals surface area contributed by atoms with Crippen LogP contribution in [0.4, 0.5) is 0 Å². The zero-order valence-corrected chi connectivity index (χ0v) is 19.2. The third-order valence-corrected chi connectivity index (χ3v) is 6.92. The normalized spacial score (nSPS) is 22.7. The summed E-state index contributed by atoms with van der Waals surface area (Å²) < 4.78 is 23.1. The molecule has 30 heavy (non-hydrogen) atoms. The number of morpholine rings is 1. The first-order valence-corrected chi connectivity index (χ1v) is 11.4. The Hall–Kier alpha value is -1.34. The van der Waals surface area contributed by atoms with Crippen LogP contribution in [-0.2, 0) is 21.5 Å². The summed E-state index contributed by atoms with van der Waals surface area (Å²) in [6.07, 6.45) is 3.00. The molecule has 6 nitrogen and oxygen atoms in total. The van der Waals surface area contributed by atoms with Gasteiger partial charge in [0.25, 0.3) is 0 Å². The lowest BCUT2D eigenvalue weighted by Crippen LogP contribution is -2.51. The highest BCUT2D eigenvalue weighted by atomic mass is 16.5. The van der Waals surface area contributed by atoms with E-state index in [-0.39, 0.29) is 11.0 Å². The zero-order valence-electron chi connectivity index (χ0n) is 19.2. The quantitative estimate of drug-likeness (QED) is 0.708. The molecule has 1 aromatic rings. The summed E-state index contributed by atoms with van der Waals surface area (Å²) in [6.45, 7) is 13.8. The van der Waals surface area contributed by atoms with Gasteiger partial charge in [-0.25, -0.2) is 0 Å². The van der Waals surface area contributed by atoms with Crippen molar-refractivity contribution in [1.29, 1.82) is 0 Å². The first kappa shape index (κ1) is 21.9. The van der Waals surface area contributed by atoms with Crippen LogP contribution in [0.25, 0.3) is 0 Å². The number of benzene rings is 1. The first-order chi connectivity index (χ1) is 14.4. The van der Waals surface area contributed by atoms with E-state index in [0.717, 1.165) is 89.9 Å². The van der Waals surface area contributed by atoms with Crippen LogP contribution in [-0.4, -0.2) is 83.1 Å². The SMILES string of the molecule is COc1cc2c(cc1OC)C1(CCN(CC(C)(C)CN3CCOCC3)CC1)OCC2. The molecule has 0 amide bonds. The molecule has 2 saturated heterocycles. The maximum absolute atomic E-state index is 6.46. The predicted molar refractivity (Wildman–Crippen MR) is 118 cm³/mol. The summed E-state index contributed by atoms with van der Waals surface area (Å²) in [5.41, 5.74) is 2.74. The Kier molecular flexibility index (Phi) is 6.58. The van der Waals surface area contributed by atoms with Crippen LogP contribution in [0.5, 0.6) is 11.5 Å². The summed E-state index contributed by atoms with van der Waals surface area (Å²) >= 11 is 0. The van der Waals surface area contributed by atoms with Gasteiger partial charge in [0, 0.05) is 39.3 Å². The molecule has 0 atom stereocenters. The Morgan fingerprint density at radius 2 is 1.50 bits per heavy atom. The lowest BCUT2D eigenvalue weighted by atomic mass is 9.78. The fourth-order valence-electron chi connectivity index (χ4n) is 5.49. The molecule has 0 aliphatic carbocycles. The van der Waals surface area contributed by atoms with Crippen molar-refractivity contribution < 1.29 is 18.9 Å². The minimum absolute atomic E-state index is 0.183. The summed E-state index contributed by atoms with van der Waals surface area (Å²) in [7, 11) is 3.41. The highest BCUT2D eigenvalue weighted by Gasteiger charge is 2.42. The van der Waals surface area contributed by atoms with Crippen molar-refractivity contribution in [3.8, 4) is 11.5 Å². The number of piperidine rings is 1. The van der Waals surface area contributed by atoms with E-state index in [4.69, 9.17) is 18.9 Å². The zero-order chi connectivity index (χ0) is 21.2. The van der Waals surface area contributed by atoms with Gasteiger partial charge in [-0.15, -0.1) is 0 Å². The molecule has 2 fully saturated rings. The Labute approximate surface area is 181 Å². The summed E-state index contributed by atoms with van der Waals surface area (Å²) in [4.78, 5) is 5.18. The van der Waals surface area contributed by atoms with Crippen molar-refractivity contribution in [3.63, 3.8) is 0 Å². The number of nitrogens with zero attached hydrogens (tertiary/aromatic N) is 2. The highest BCUT2D eigenvalue weighted by molar-refractivity contribution is 5.50. The summed E-state index contributed by atoms with van der Waals surface area (Å²) in [6, 6.07) is 4.31. The Morgan fingerprint density at radius 1 is 0.900 bits per heavy atom. The molecule has 0 unspecified atom stereocenters. The molecule has 168 valence electrons. The Bertz CT molecular complexity index is 722. The van der Waals surface area contributed by atoms with E-state index < -0.39 is 0 Å². The Balaban J connectivity index is 1.42. The molecule has 3 heterocycles. The molecule has 1 aromatic carbocycles. The second kappa shape index (κ2) is 9.03. The van der Waals surface area contributed by atoms with Gasteiger partial charge in [-0.3, -0.25) is 4.90 Å². The van der Waals surface area contributed by atoms with Crippen LogP contribution in [0.1, 0.15) is 37.8 Å². The van der Waals surface area contributed by atoms with Gasteiger partial charge in [0.15, 0.2) is 11.5 Å². The van der Waals surface area contributed by atoms with Crippen molar-refractivity contribution in [3.05, 3.63) is 23.3 Å². The smallest absolute Gasteiger partial charge is 0.161 e. The molecule has 0 radical (unpaired) electrons. The molecule has 1 spiro atoms. The van der Waals surface area contributed by atoms with Crippen LogP contribution >= 0.6 is 0 Å². The maximum atomic E-state index is 6.46. The van der Waals surface area contributed by atoms with E-state index in [1.54, 1.807) is 14.2 Å². The van der Waals surface area contributed by atoms with Gasteiger partial charge in [-0.1, -0.05) is 13.8 Å². The van der Waals surface area contributed by atoms with E-state index in [0.29, 0.717) is 0 Å². The molecule has 4 rings (SSSR count). The maximum Gasteiger partial charge on any atom is 0.161 e. The Morgan fingerprint density at radius 3 is 2.13 bits per heavy atom. The second-order valence-corrected chi connectivity index (χ2v) is 9.79. The fourth-order valence-corrected chi connectivity index (χ4v) is 5.49. The third kappa shape index (κ3) is 4.62. The second-order valence-electron chi connectivity index (χ2n) is 9.79. The van der Waals surface area contributed by atoms with Crippen molar-refractivity contribution >= 4 is 0 Å². The summed E-state index contributed by atoms with van der Waals surface area (Å²) in [5.74, 6) is 1.62. The molecule has 0 saturated carbocycles. The molecular weight excluding hydrogens is 380 g/mol. The highest BCUT2D eigenvalue weighted by Crippen LogP contribution is 2.45. The van der Waals surface area contributed by atoms with E-state index in [1.807, 2.05) is 0 Å². The van der Waals surface area contributed by atoms with Gasteiger partial charge in [-0.2, -0.15) is 0 Å². The van der Waals surface area contributed by atoms with Crippen molar-refractivity contribution in [2.45, 2.75) is 38.7 Å². The molecule has 3 aliphatic heterocycles. The number of rotatable bonds is 6. The topological polar surface area (TPSA) is 43.4 Å². The largest absolute Gasteiger partial charge is 0.493 e. The first-order valence-electron chi connectivity index (χ1n) is 11.4. The molecule has 0 bridgehead atoms. The van der Waals surface area contributed by atoms with E-state index in [1.165, 1.54) is 11.1 Å². The lowest BCUT2D eigenvalue weighted by molar-refractivity contribution is -0.102. The van der Waals surface area contributed by atoms with Crippen LogP contribution in [0, 0.1) is 5.41 Å². The number of fused-ring (bicyclic) bond motifs is 2. The monoisotopic (exact) mass is 418 g/mol. The number of methoxy groups -OCH3 is 2. The summed E-state index contributed by atoms with van der Waals surface area (Å²) in [5, 5.41) is 0. The van der Waals surface area contributed by atoms with Gasteiger partial charge in [0.1, 0.15) is 0 Å². The average molecular weight is 419 g/mol. The lowest BCUT2D eigenvalue weighted by Gasteiger charge is -2.47. The average Bonchev–Trinajstić information content (AvgIpc) is 2.75. The van der Waals surface area contributed by atoms with Crippen molar-refractivity contribution in [2.24, 2.45) is 5.41 Å². The molecule has 0 N–H and O–H groups in total. The van der Waals surface area contributed by atoms with Gasteiger partial charge in [-0.05, 0) is 47.9 Å². The number of hydrogen-bond acceptors (Lipinski definition) is 6. The van der Waals surface area contributed by atoms with Crippen LogP contribution in [0.2, 0.25) is 0 Å². The third-order valence-electron chi connectivity index (χ3n) is 6.92. The van der Waals surface area contributed by atoms with Crippen LogP contribution in [0.3, 0.4) is 0 Å². The minimum atomic E-state index is -0.183. The van der Waals surface area contributed by atoms with Crippen LogP contribution < -0.4 is 9.47 Å². The van der Waals surface area contributed by atoms with Crippen LogP contribution in [0.15, 0.2) is 12.1 Å². The predicted octanol–water partition coefficient (Wildman–Crippen LogP) is 2.93.